The first-order valence-corrected chi connectivity index (χ1v) is 12.8. The third kappa shape index (κ3) is 5.78. The Morgan fingerprint density at radius 3 is 2.54 bits per heavy atom. The zero-order valence-electron chi connectivity index (χ0n) is 21.4. The van der Waals surface area contributed by atoms with Crippen molar-refractivity contribution in [3.63, 3.8) is 0 Å². The number of anilines is 2. The zero-order valence-corrected chi connectivity index (χ0v) is 22.9. The molecule has 3 aromatic carbocycles. The Balaban J connectivity index is 0.00000353. The van der Waals surface area contributed by atoms with Gasteiger partial charge >= 0.3 is 6.18 Å². The van der Waals surface area contributed by atoms with Gasteiger partial charge in [0.25, 0.3) is 11.8 Å². The smallest absolute Gasteiger partial charge is 0.416 e. The van der Waals surface area contributed by atoms with Crippen molar-refractivity contribution in [3.8, 4) is 0 Å². The van der Waals surface area contributed by atoms with Crippen molar-refractivity contribution in [2.24, 2.45) is 0 Å². The van der Waals surface area contributed by atoms with E-state index in [0.717, 1.165) is 28.9 Å². The number of hydrogen-bond donors (Lipinski definition) is 1. The summed E-state index contributed by atoms with van der Waals surface area (Å²) in [6.45, 7) is 3.37. The predicted octanol–water partition coefficient (Wildman–Crippen LogP) is 3.27. The lowest BCUT2D eigenvalue weighted by Crippen LogP contribution is -3.00. The highest BCUT2D eigenvalue weighted by Crippen LogP contribution is 2.47. The summed E-state index contributed by atoms with van der Waals surface area (Å²) in [6.07, 6.45) is -3.82. The van der Waals surface area contributed by atoms with Crippen LogP contribution in [0.25, 0.3) is 0 Å². The summed E-state index contributed by atoms with van der Waals surface area (Å²) >= 11 is 6.37. The lowest BCUT2D eigenvalue weighted by atomic mass is 9.87. The van der Waals surface area contributed by atoms with Crippen LogP contribution < -0.4 is 22.6 Å². The molecule has 1 fully saturated rings. The van der Waals surface area contributed by atoms with Crippen molar-refractivity contribution < 1.29 is 39.7 Å². The number of rotatable bonds is 4. The van der Waals surface area contributed by atoms with Gasteiger partial charge in [-0.25, -0.2) is 0 Å². The molecule has 0 spiro atoms. The van der Waals surface area contributed by atoms with Gasteiger partial charge in [-0.1, -0.05) is 47.5 Å². The Bertz CT molecular complexity index is 1410. The lowest BCUT2D eigenvalue weighted by molar-refractivity contribution is -0.907. The van der Waals surface area contributed by atoms with Gasteiger partial charge in [-0.15, -0.1) is 0 Å². The number of nitrogens with zero attached hydrogens (tertiary/aromatic N) is 2. The number of likely N-dealkylation sites (tertiary alicyclic amines) is 1. The lowest BCUT2D eigenvalue weighted by Gasteiger charge is -2.44. The summed E-state index contributed by atoms with van der Waals surface area (Å²) in [7, 11) is 1.98. The number of benzene rings is 3. The number of amides is 2. The van der Waals surface area contributed by atoms with Crippen LogP contribution in [0.1, 0.15) is 39.4 Å². The molecule has 3 unspecified atom stereocenters. The highest BCUT2D eigenvalue weighted by molar-refractivity contribution is 6.34. The molecule has 0 bridgehead atoms. The fraction of sp³-hybridized carbons (Fsp3) is 0.310. The molecule has 2 aliphatic heterocycles. The Hall–Kier alpha value is -3.07. The summed E-state index contributed by atoms with van der Waals surface area (Å²) in [5.74, 6) is -0.486. The number of aryl methyl sites for hydroxylation is 1. The molecule has 0 aromatic heterocycles. The Morgan fingerprint density at radius 2 is 1.82 bits per heavy atom. The van der Waals surface area contributed by atoms with Gasteiger partial charge in [-0.3, -0.25) is 9.59 Å². The maximum absolute atomic E-state index is 13.7. The Morgan fingerprint density at radius 1 is 1.08 bits per heavy atom. The summed E-state index contributed by atoms with van der Waals surface area (Å²) in [5.41, 5.74) is 2.76. The maximum atomic E-state index is 13.7. The Kier molecular flexibility index (Phi) is 8.03. The molecule has 3 aromatic rings. The number of halogens is 5. The van der Waals surface area contributed by atoms with Crippen LogP contribution in [0.15, 0.2) is 66.7 Å². The summed E-state index contributed by atoms with van der Waals surface area (Å²) in [5, 5.41) is 3.04. The minimum atomic E-state index is -4.48. The summed E-state index contributed by atoms with van der Waals surface area (Å²) < 4.78 is 39.7. The molecule has 0 aliphatic carbocycles. The number of carbonyl (C=O) groups is 2. The van der Waals surface area contributed by atoms with Crippen LogP contribution in [0.3, 0.4) is 0 Å². The van der Waals surface area contributed by atoms with E-state index in [9.17, 15) is 22.8 Å². The first kappa shape index (κ1) is 28.9. The van der Waals surface area contributed by atoms with E-state index in [1.54, 1.807) is 24.3 Å². The largest absolute Gasteiger partial charge is 1.00 e. The number of hydrogen-bond acceptors (Lipinski definition) is 2. The van der Waals surface area contributed by atoms with Crippen LogP contribution in [0.4, 0.5) is 24.5 Å². The summed E-state index contributed by atoms with van der Waals surface area (Å²) in [4.78, 5) is 28.5. The van der Waals surface area contributed by atoms with Crippen LogP contribution in [-0.2, 0) is 11.0 Å². The Labute approximate surface area is 236 Å². The van der Waals surface area contributed by atoms with Crippen molar-refractivity contribution in [2.75, 3.05) is 36.9 Å². The topological polar surface area (TPSA) is 49.4 Å². The van der Waals surface area contributed by atoms with E-state index in [1.165, 1.54) is 12.1 Å². The zero-order chi connectivity index (χ0) is 27.2. The van der Waals surface area contributed by atoms with Gasteiger partial charge in [-0.2, -0.15) is 13.2 Å². The van der Waals surface area contributed by atoms with E-state index < -0.39 is 11.7 Å². The number of alkyl halides is 3. The molecule has 0 radical (unpaired) electrons. The number of fused-ring (bicyclic) bond motifs is 3. The SMILES string of the molecule is Cc1ccc2c(c1)C1C[N+](C)(CC(=O)Nc3cccc(C(F)(F)F)c3)CCC1N2C(=O)c1ccccc1Cl.[Cl-]. The molecular formula is C29H28Cl2F3N3O2. The van der Waals surface area contributed by atoms with Crippen molar-refractivity contribution in [1.82, 2.24) is 0 Å². The second-order valence-corrected chi connectivity index (χ2v) is 10.9. The van der Waals surface area contributed by atoms with Gasteiger partial charge in [-0.05, 0) is 48.9 Å². The van der Waals surface area contributed by atoms with Crippen LogP contribution >= 0.6 is 11.6 Å². The molecule has 3 atom stereocenters. The molecule has 1 saturated heterocycles. The standard InChI is InChI=1S/C29H27ClF3N3O2.ClH/c1-18-10-11-25-22(14-18)23-16-36(2,17-27(37)34-20-7-5-6-19(15-20)29(31,32)33)13-12-26(23)35(25)28(38)21-8-3-4-9-24(21)30;/h3-11,14-15,23,26H,12-13,16-17H2,1-2H3;1H. The number of quaternary nitrogens is 1. The third-order valence-corrected chi connectivity index (χ3v) is 7.89. The van der Waals surface area contributed by atoms with Crippen molar-refractivity contribution in [1.29, 1.82) is 0 Å². The number of carbonyl (C=O) groups excluding carboxylic acids is 2. The van der Waals surface area contributed by atoms with E-state index in [-0.39, 0.29) is 48.4 Å². The van der Waals surface area contributed by atoms with Crippen LogP contribution in [0.2, 0.25) is 5.02 Å². The van der Waals surface area contributed by atoms with Crippen molar-refractivity contribution >= 4 is 34.8 Å². The molecule has 2 heterocycles. The highest BCUT2D eigenvalue weighted by Gasteiger charge is 2.49. The van der Waals surface area contributed by atoms with Crippen molar-refractivity contribution in [2.45, 2.75) is 31.5 Å². The molecule has 5 rings (SSSR count). The van der Waals surface area contributed by atoms with Gasteiger partial charge < -0.3 is 27.1 Å². The molecule has 5 nitrogen and oxygen atoms in total. The van der Waals surface area contributed by atoms with E-state index >= 15 is 0 Å². The minimum Gasteiger partial charge on any atom is -1.00 e. The van der Waals surface area contributed by atoms with E-state index in [2.05, 4.69) is 11.4 Å². The first-order chi connectivity index (χ1) is 17.9. The molecule has 10 heteroatoms. The summed E-state index contributed by atoms with van der Waals surface area (Å²) in [6, 6.07) is 17.7. The normalized spacial score (nSPS) is 21.9. The fourth-order valence-electron chi connectivity index (χ4n) is 5.81. The third-order valence-electron chi connectivity index (χ3n) is 7.56. The number of piperidine rings is 1. The van der Waals surface area contributed by atoms with Crippen molar-refractivity contribution in [3.05, 3.63) is 94.0 Å². The van der Waals surface area contributed by atoms with Gasteiger partial charge in [0.1, 0.15) is 0 Å². The van der Waals surface area contributed by atoms with Gasteiger partial charge in [0, 0.05) is 17.8 Å². The maximum Gasteiger partial charge on any atom is 0.416 e. The molecule has 39 heavy (non-hydrogen) atoms. The quantitative estimate of drug-likeness (QED) is 0.484. The van der Waals surface area contributed by atoms with Gasteiger partial charge in [0.05, 0.1) is 48.2 Å². The van der Waals surface area contributed by atoms with Crippen LogP contribution in [-0.4, -0.2) is 49.0 Å². The molecular weight excluding hydrogens is 550 g/mol. The molecule has 2 aliphatic rings. The van der Waals surface area contributed by atoms with Gasteiger partial charge in [0.2, 0.25) is 0 Å². The van der Waals surface area contributed by atoms with Crippen LogP contribution in [0, 0.1) is 6.92 Å². The van der Waals surface area contributed by atoms with E-state index in [1.807, 2.05) is 31.0 Å². The van der Waals surface area contributed by atoms with Crippen LogP contribution in [0.5, 0.6) is 0 Å². The predicted molar refractivity (Wildman–Crippen MR) is 141 cm³/mol. The molecule has 1 N–H and O–H groups in total. The number of nitrogens with one attached hydrogen (secondary N) is 1. The molecule has 206 valence electrons. The average Bonchev–Trinajstić information content (AvgIpc) is 3.15. The average molecular weight is 578 g/mol. The number of likely N-dealkylation sites (N-methyl/N-ethyl adjacent to an activating group) is 1. The highest BCUT2D eigenvalue weighted by atomic mass is 35.5. The van der Waals surface area contributed by atoms with E-state index in [0.29, 0.717) is 34.6 Å². The molecule has 2 amide bonds. The minimum absolute atomic E-state index is 0. The molecule has 0 saturated carbocycles. The second kappa shape index (κ2) is 10.8. The fourth-order valence-corrected chi connectivity index (χ4v) is 6.02. The second-order valence-electron chi connectivity index (χ2n) is 10.5. The van der Waals surface area contributed by atoms with E-state index in [4.69, 9.17) is 11.6 Å². The van der Waals surface area contributed by atoms with Gasteiger partial charge in [0.15, 0.2) is 6.54 Å². The first-order valence-electron chi connectivity index (χ1n) is 12.4. The monoisotopic (exact) mass is 577 g/mol.